The molecular weight excluding hydrogens is 499 g/mol. The Bertz CT molecular complexity index is 1130. The molecule has 0 unspecified atom stereocenters. The van der Waals surface area contributed by atoms with E-state index in [1.807, 2.05) is 30.4 Å². The third kappa shape index (κ3) is 5.14. The van der Waals surface area contributed by atoms with E-state index >= 15 is 0 Å². The summed E-state index contributed by atoms with van der Waals surface area (Å²) in [5, 5.41) is 13.9. The Hall–Kier alpha value is -3.19. The van der Waals surface area contributed by atoms with Crippen LogP contribution >= 0.6 is 24.2 Å². The Balaban J connectivity index is 0.00000324. The van der Waals surface area contributed by atoms with E-state index in [0.29, 0.717) is 0 Å². The van der Waals surface area contributed by atoms with Crippen LogP contribution in [0.1, 0.15) is 22.3 Å². The standard InChI is InChI=1S/C31H29OP.BrH/c1-4-24-9-17-29(18-10-24)33(23-27-7-15-28(32)16-8-27,30-19-11-25(5-2)12-20-30)31-21-13-26(6-3)14-22-31;/h4-22,32-33H,1-3,23H2;1H. The Morgan fingerprint density at radius 1 is 0.529 bits per heavy atom. The van der Waals surface area contributed by atoms with Gasteiger partial charge in [-0.25, -0.2) is 0 Å². The predicted molar refractivity (Wildman–Crippen MR) is 159 cm³/mol. The van der Waals surface area contributed by atoms with E-state index in [2.05, 4.69) is 92.5 Å². The van der Waals surface area contributed by atoms with Crippen molar-refractivity contribution < 1.29 is 5.11 Å². The van der Waals surface area contributed by atoms with E-state index < -0.39 is 7.26 Å². The topological polar surface area (TPSA) is 20.2 Å². The van der Waals surface area contributed by atoms with Gasteiger partial charge in [0.2, 0.25) is 0 Å². The van der Waals surface area contributed by atoms with Gasteiger partial charge in [0.05, 0.1) is 0 Å². The second kappa shape index (κ2) is 11.3. The van der Waals surface area contributed by atoms with Crippen molar-refractivity contribution in [2.45, 2.75) is 6.16 Å². The molecule has 0 saturated carbocycles. The van der Waals surface area contributed by atoms with Gasteiger partial charge >= 0.3 is 197 Å². The molecule has 1 nitrogen and oxygen atoms in total. The summed E-state index contributed by atoms with van der Waals surface area (Å²) in [4.78, 5) is 0. The Morgan fingerprint density at radius 2 is 0.853 bits per heavy atom. The SMILES string of the molecule is Br.C=Cc1ccc([PH](Cc2ccc(O)cc2)(c2ccc(C=C)cc2)c2ccc(C=C)cc2)cc1. The van der Waals surface area contributed by atoms with Gasteiger partial charge in [-0.15, -0.1) is 17.0 Å². The van der Waals surface area contributed by atoms with Crippen LogP contribution in [0.15, 0.2) is 117 Å². The average Bonchev–Trinajstić information content (AvgIpc) is 2.89. The zero-order valence-corrected chi connectivity index (χ0v) is 21.9. The molecule has 0 aliphatic heterocycles. The van der Waals surface area contributed by atoms with Crippen molar-refractivity contribution in [2.24, 2.45) is 0 Å². The molecule has 3 heteroatoms. The van der Waals surface area contributed by atoms with Gasteiger partial charge < -0.3 is 0 Å². The maximum atomic E-state index is 9.86. The third-order valence-electron chi connectivity index (χ3n) is 6.32. The molecule has 34 heavy (non-hydrogen) atoms. The van der Waals surface area contributed by atoms with Crippen LogP contribution in [0.3, 0.4) is 0 Å². The molecule has 0 aliphatic carbocycles. The number of rotatable bonds is 8. The van der Waals surface area contributed by atoms with Gasteiger partial charge in [0, 0.05) is 0 Å². The van der Waals surface area contributed by atoms with Crippen molar-refractivity contribution in [3.63, 3.8) is 0 Å². The van der Waals surface area contributed by atoms with Crippen LogP contribution in [0.25, 0.3) is 18.2 Å². The molecule has 0 spiro atoms. The van der Waals surface area contributed by atoms with Crippen LogP contribution in [0, 0.1) is 0 Å². The van der Waals surface area contributed by atoms with Gasteiger partial charge in [-0.3, -0.25) is 0 Å². The maximum absolute atomic E-state index is 9.86. The van der Waals surface area contributed by atoms with Crippen LogP contribution in [-0.2, 0) is 6.16 Å². The molecule has 0 aromatic heterocycles. The molecule has 172 valence electrons. The van der Waals surface area contributed by atoms with Crippen molar-refractivity contribution >= 4 is 58.4 Å². The van der Waals surface area contributed by atoms with Gasteiger partial charge in [-0.05, 0) is 0 Å². The molecule has 4 rings (SSSR count). The molecule has 0 heterocycles. The van der Waals surface area contributed by atoms with Crippen LogP contribution in [-0.4, -0.2) is 5.11 Å². The predicted octanol–water partition coefficient (Wildman–Crippen LogP) is 7.13. The van der Waals surface area contributed by atoms with Gasteiger partial charge in [0.1, 0.15) is 0 Å². The molecule has 4 aromatic carbocycles. The van der Waals surface area contributed by atoms with E-state index in [0.717, 1.165) is 22.9 Å². The third-order valence-corrected chi connectivity index (χ3v) is 11.2. The summed E-state index contributed by atoms with van der Waals surface area (Å²) >= 11 is 0. The first-order valence-corrected chi connectivity index (χ1v) is 13.3. The minimum absolute atomic E-state index is 0. The summed E-state index contributed by atoms with van der Waals surface area (Å²) in [6.07, 6.45) is 6.52. The van der Waals surface area contributed by atoms with Gasteiger partial charge in [0.25, 0.3) is 0 Å². The van der Waals surface area contributed by atoms with Crippen LogP contribution < -0.4 is 15.9 Å². The molecule has 0 atom stereocenters. The fraction of sp³-hybridized carbons (Fsp3) is 0.0323. The summed E-state index contributed by atoms with van der Waals surface area (Å²) < 4.78 is 0. The zero-order chi connectivity index (χ0) is 23.3. The molecule has 1 N–H and O–H groups in total. The second-order valence-electron chi connectivity index (χ2n) is 8.23. The Labute approximate surface area is 213 Å². The van der Waals surface area contributed by atoms with E-state index in [-0.39, 0.29) is 22.7 Å². The van der Waals surface area contributed by atoms with E-state index in [1.165, 1.54) is 21.5 Å². The van der Waals surface area contributed by atoms with Crippen molar-refractivity contribution in [1.82, 2.24) is 0 Å². The van der Waals surface area contributed by atoms with E-state index in [9.17, 15) is 5.11 Å². The first kappa shape index (κ1) is 25.4. The Kier molecular flexibility index (Phi) is 8.45. The molecule has 0 fully saturated rings. The molecule has 0 aliphatic rings. The molecule has 0 radical (unpaired) electrons. The average molecular weight is 529 g/mol. The van der Waals surface area contributed by atoms with E-state index in [4.69, 9.17) is 0 Å². The van der Waals surface area contributed by atoms with Crippen LogP contribution in [0.2, 0.25) is 0 Å². The number of phenols is 1. The van der Waals surface area contributed by atoms with Crippen molar-refractivity contribution in [1.29, 1.82) is 0 Å². The summed E-state index contributed by atoms with van der Waals surface area (Å²) in [5.74, 6) is 0.284. The molecule has 0 bridgehead atoms. The number of hydrogen-bond donors (Lipinski definition) is 1. The first-order valence-electron chi connectivity index (χ1n) is 11.1. The van der Waals surface area contributed by atoms with Gasteiger partial charge in [-0.2, -0.15) is 0 Å². The molecule has 0 saturated heterocycles. The van der Waals surface area contributed by atoms with Gasteiger partial charge in [-0.1, -0.05) is 0 Å². The number of benzene rings is 4. The minimum atomic E-state index is -2.47. The monoisotopic (exact) mass is 528 g/mol. The first-order chi connectivity index (χ1) is 16.1. The fourth-order valence-electron chi connectivity index (χ4n) is 4.44. The summed E-state index contributed by atoms with van der Waals surface area (Å²) in [5.41, 5.74) is 4.52. The Morgan fingerprint density at radius 3 is 1.15 bits per heavy atom. The number of aromatic hydroxyl groups is 1. The quantitative estimate of drug-likeness (QED) is 0.241. The number of phenolic OH excluding ortho intramolecular Hbond substituents is 1. The second-order valence-corrected chi connectivity index (χ2v) is 12.1. The van der Waals surface area contributed by atoms with Crippen LogP contribution in [0.4, 0.5) is 0 Å². The van der Waals surface area contributed by atoms with Crippen LogP contribution in [0.5, 0.6) is 5.75 Å². The normalized spacial score (nSPS) is 11.2. The fourth-order valence-corrected chi connectivity index (χ4v) is 9.10. The molecule has 0 amide bonds. The molecule has 4 aromatic rings. The summed E-state index contributed by atoms with van der Waals surface area (Å²) in [7, 11) is -2.47. The van der Waals surface area contributed by atoms with Crippen molar-refractivity contribution in [3.05, 3.63) is 139 Å². The summed E-state index contributed by atoms with van der Waals surface area (Å²) in [6, 6.07) is 34.1. The number of halogens is 1. The molecular formula is C31H30BrOP. The van der Waals surface area contributed by atoms with Crippen molar-refractivity contribution in [2.75, 3.05) is 0 Å². The van der Waals surface area contributed by atoms with E-state index in [1.54, 1.807) is 12.1 Å². The zero-order valence-electron chi connectivity index (χ0n) is 19.2. The van der Waals surface area contributed by atoms with Crippen molar-refractivity contribution in [3.8, 4) is 5.75 Å². The summed E-state index contributed by atoms with van der Waals surface area (Å²) in [6.45, 7) is 11.8. The number of hydrogen-bond acceptors (Lipinski definition) is 1. The van der Waals surface area contributed by atoms with Gasteiger partial charge in [0.15, 0.2) is 0 Å².